The Morgan fingerprint density at radius 1 is 1.13 bits per heavy atom. The Hall–Kier alpha value is -2.82. The molecule has 4 unspecified atom stereocenters. The zero-order valence-electron chi connectivity index (χ0n) is 21.5. The Kier molecular flexibility index (Phi) is 7.43. The van der Waals surface area contributed by atoms with E-state index in [2.05, 4.69) is 10.2 Å². The average molecular weight is 573 g/mol. The summed E-state index contributed by atoms with van der Waals surface area (Å²) in [5.74, 6) is 0.344. The Labute approximate surface area is 234 Å². The molecule has 206 valence electrons. The second kappa shape index (κ2) is 11.0. The molecule has 2 saturated carbocycles. The number of aryl methyl sites for hydroxylation is 1. The second-order valence-electron chi connectivity index (χ2n) is 10.4. The molecule has 1 amide bonds. The molecular weight excluding hydrogens is 543 g/mol. The number of anilines is 1. The summed E-state index contributed by atoms with van der Waals surface area (Å²) in [6.07, 6.45) is 2.94. The minimum atomic E-state index is -1.41. The standard InChI is InChI=1S/C28H30ClFN4O4S/c1-17-31-32-27(38-17)14-26-28(35)34(25(16-37-26)19-8-10-20(29)11-9-19)24(18-6-7-18)15-33(39(36)21-12-13-21)23-5-3-2-4-22(23)30/h2-5,8-11,18,21,24-26H,6-7,12-16H2,1H3. The molecule has 11 heteroatoms. The van der Waals surface area contributed by atoms with Crippen LogP contribution in [0.2, 0.25) is 5.02 Å². The van der Waals surface area contributed by atoms with Crippen molar-refractivity contribution in [3.63, 3.8) is 0 Å². The van der Waals surface area contributed by atoms with E-state index >= 15 is 4.39 Å². The van der Waals surface area contributed by atoms with E-state index in [4.69, 9.17) is 20.8 Å². The average Bonchev–Trinajstić information content (AvgIpc) is 3.86. The van der Waals surface area contributed by atoms with E-state index in [0.29, 0.717) is 22.5 Å². The number of aromatic nitrogens is 2. The van der Waals surface area contributed by atoms with Gasteiger partial charge in [-0.15, -0.1) is 10.2 Å². The predicted molar refractivity (Wildman–Crippen MR) is 145 cm³/mol. The molecule has 39 heavy (non-hydrogen) atoms. The van der Waals surface area contributed by atoms with E-state index in [1.807, 2.05) is 17.0 Å². The van der Waals surface area contributed by atoms with Crippen molar-refractivity contribution in [1.29, 1.82) is 0 Å². The van der Waals surface area contributed by atoms with Crippen LogP contribution in [-0.2, 0) is 26.9 Å². The highest BCUT2D eigenvalue weighted by Gasteiger charge is 2.48. The van der Waals surface area contributed by atoms with E-state index in [9.17, 15) is 9.00 Å². The summed E-state index contributed by atoms with van der Waals surface area (Å²) in [6.45, 7) is 2.22. The van der Waals surface area contributed by atoms with Gasteiger partial charge in [0.25, 0.3) is 5.91 Å². The fourth-order valence-electron chi connectivity index (χ4n) is 5.23. The van der Waals surface area contributed by atoms with Crippen molar-refractivity contribution in [3.8, 4) is 0 Å². The molecule has 4 atom stereocenters. The van der Waals surface area contributed by atoms with Crippen molar-refractivity contribution in [2.45, 2.75) is 62.5 Å². The molecule has 1 aliphatic heterocycles. The van der Waals surface area contributed by atoms with E-state index in [0.717, 1.165) is 31.2 Å². The topological polar surface area (TPSA) is 88.8 Å². The molecule has 8 nitrogen and oxygen atoms in total. The van der Waals surface area contributed by atoms with Crippen LogP contribution in [0, 0.1) is 18.7 Å². The number of amides is 1. The van der Waals surface area contributed by atoms with Gasteiger partial charge in [0.1, 0.15) is 22.9 Å². The summed E-state index contributed by atoms with van der Waals surface area (Å²) in [5, 5.41) is 8.54. The molecule has 1 saturated heterocycles. The first-order chi connectivity index (χ1) is 18.9. The van der Waals surface area contributed by atoms with Crippen molar-refractivity contribution >= 4 is 34.2 Å². The van der Waals surface area contributed by atoms with Gasteiger partial charge >= 0.3 is 0 Å². The van der Waals surface area contributed by atoms with E-state index in [-0.39, 0.29) is 48.7 Å². The van der Waals surface area contributed by atoms with Crippen molar-refractivity contribution in [3.05, 3.63) is 76.7 Å². The van der Waals surface area contributed by atoms with E-state index in [1.165, 1.54) is 6.07 Å². The number of morpholine rings is 1. The summed E-state index contributed by atoms with van der Waals surface area (Å²) in [4.78, 5) is 16.1. The van der Waals surface area contributed by atoms with Gasteiger partial charge in [0.2, 0.25) is 11.8 Å². The van der Waals surface area contributed by atoms with Gasteiger partial charge in [-0.05, 0) is 61.4 Å². The van der Waals surface area contributed by atoms with Crippen molar-refractivity contribution in [2.24, 2.45) is 5.92 Å². The van der Waals surface area contributed by atoms with Gasteiger partial charge in [0, 0.05) is 11.9 Å². The number of nitrogens with zero attached hydrogens (tertiary/aromatic N) is 4. The highest BCUT2D eigenvalue weighted by Crippen LogP contribution is 2.43. The number of ether oxygens (including phenoxy) is 1. The number of carbonyl (C=O) groups is 1. The summed E-state index contributed by atoms with van der Waals surface area (Å²) in [6, 6.07) is 13.2. The third-order valence-electron chi connectivity index (χ3n) is 7.53. The number of rotatable bonds is 10. The van der Waals surface area contributed by atoms with Gasteiger partial charge in [0.05, 0.1) is 42.6 Å². The maximum Gasteiger partial charge on any atom is 0.253 e. The smallest absolute Gasteiger partial charge is 0.253 e. The number of halogens is 2. The molecule has 3 aliphatic rings. The fourth-order valence-corrected chi connectivity index (χ4v) is 6.89. The van der Waals surface area contributed by atoms with Crippen LogP contribution in [0.1, 0.15) is 49.1 Å². The molecule has 1 aromatic heterocycles. The number of benzene rings is 2. The van der Waals surface area contributed by atoms with Crippen LogP contribution in [0.5, 0.6) is 0 Å². The van der Waals surface area contributed by atoms with Crippen molar-refractivity contribution in [2.75, 3.05) is 17.5 Å². The lowest BCUT2D eigenvalue weighted by Crippen LogP contribution is -2.58. The van der Waals surface area contributed by atoms with Gasteiger partial charge in [0.15, 0.2) is 0 Å². The zero-order valence-corrected chi connectivity index (χ0v) is 23.1. The molecule has 3 fully saturated rings. The van der Waals surface area contributed by atoms with Gasteiger partial charge in [-0.2, -0.15) is 0 Å². The molecular formula is C28H30ClFN4O4S. The second-order valence-corrected chi connectivity index (χ2v) is 12.5. The van der Waals surface area contributed by atoms with E-state index in [1.54, 1.807) is 41.6 Å². The minimum absolute atomic E-state index is 0.00503. The SMILES string of the molecule is Cc1nnc(CC2OCC(c3ccc(Cl)cc3)N(C(CN(c3ccccc3F)S(=O)C3CC3)C3CC3)C2=O)o1. The molecule has 2 aliphatic carbocycles. The van der Waals surface area contributed by atoms with Crippen LogP contribution in [0.3, 0.4) is 0 Å². The monoisotopic (exact) mass is 572 g/mol. The van der Waals surface area contributed by atoms with Crippen LogP contribution in [-0.4, -0.2) is 55.8 Å². The lowest BCUT2D eigenvalue weighted by Gasteiger charge is -2.45. The first-order valence-corrected chi connectivity index (χ1v) is 14.8. The molecule has 2 aromatic carbocycles. The maximum atomic E-state index is 15.0. The fraction of sp³-hybridized carbons (Fsp3) is 0.464. The molecule has 2 heterocycles. The summed E-state index contributed by atoms with van der Waals surface area (Å²) >= 11 is 6.16. The van der Waals surface area contributed by atoms with Gasteiger partial charge < -0.3 is 14.1 Å². The number of carbonyl (C=O) groups excluding carboxylic acids is 1. The number of hydrogen-bond acceptors (Lipinski definition) is 6. The van der Waals surface area contributed by atoms with Gasteiger partial charge in [-0.3, -0.25) is 9.10 Å². The van der Waals surface area contributed by atoms with Gasteiger partial charge in [-0.1, -0.05) is 35.9 Å². The minimum Gasteiger partial charge on any atom is -0.425 e. The first-order valence-electron chi connectivity index (χ1n) is 13.3. The Morgan fingerprint density at radius 2 is 1.87 bits per heavy atom. The zero-order chi connectivity index (χ0) is 27.1. The molecule has 0 bridgehead atoms. The summed E-state index contributed by atoms with van der Waals surface area (Å²) in [7, 11) is -1.41. The largest absolute Gasteiger partial charge is 0.425 e. The Balaban J connectivity index is 1.36. The predicted octanol–water partition coefficient (Wildman–Crippen LogP) is 4.79. The van der Waals surface area contributed by atoms with Crippen LogP contribution in [0.4, 0.5) is 10.1 Å². The number of hydrogen-bond donors (Lipinski definition) is 0. The highest BCUT2D eigenvalue weighted by atomic mass is 35.5. The molecule has 0 spiro atoms. The Bertz CT molecular complexity index is 1360. The lowest BCUT2D eigenvalue weighted by atomic mass is 9.97. The third-order valence-corrected chi connectivity index (χ3v) is 9.60. The molecule has 0 N–H and O–H groups in total. The van der Waals surface area contributed by atoms with Crippen molar-refractivity contribution < 1.29 is 22.5 Å². The van der Waals surface area contributed by atoms with Crippen LogP contribution in [0.25, 0.3) is 0 Å². The van der Waals surface area contributed by atoms with Crippen molar-refractivity contribution in [1.82, 2.24) is 15.1 Å². The quantitative estimate of drug-likeness (QED) is 0.347. The van der Waals surface area contributed by atoms with Crippen LogP contribution in [0.15, 0.2) is 52.9 Å². The molecule has 6 rings (SSSR count). The van der Waals surface area contributed by atoms with Crippen LogP contribution >= 0.6 is 11.6 Å². The highest BCUT2D eigenvalue weighted by molar-refractivity contribution is 7.87. The van der Waals surface area contributed by atoms with Gasteiger partial charge in [-0.25, -0.2) is 8.60 Å². The summed E-state index contributed by atoms with van der Waals surface area (Å²) in [5.41, 5.74) is 1.20. The van der Waals surface area contributed by atoms with Crippen LogP contribution < -0.4 is 4.31 Å². The van der Waals surface area contributed by atoms with E-state index < -0.39 is 22.9 Å². The normalized spacial score (nSPS) is 23.1. The summed E-state index contributed by atoms with van der Waals surface area (Å²) < 4.78 is 42.0. The third kappa shape index (κ3) is 5.73. The molecule has 0 radical (unpaired) electrons. The molecule has 3 aromatic rings. The lowest BCUT2D eigenvalue weighted by molar-refractivity contribution is -0.164. The number of para-hydroxylation sites is 1. The Morgan fingerprint density at radius 3 is 2.51 bits per heavy atom. The maximum absolute atomic E-state index is 15.0. The first kappa shape index (κ1) is 26.4.